The molecule has 1 aliphatic heterocycles. The molecule has 0 bridgehead atoms. The van der Waals surface area contributed by atoms with Gasteiger partial charge in [-0.2, -0.15) is 0 Å². The fourth-order valence-corrected chi connectivity index (χ4v) is 12.5. The van der Waals surface area contributed by atoms with E-state index in [1.807, 2.05) is 0 Å². The summed E-state index contributed by atoms with van der Waals surface area (Å²) < 4.78 is 2.98. The van der Waals surface area contributed by atoms with E-state index in [1.165, 1.54) is 37.4 Å². The summed E-state index contributed by atoms with van der Waals surface area (Å²) in [5, 5.41) is 2.62. The number of hydrogen-bond acceptors (Lipinski definition) is 2. The maximum atomic E-state index is 4.95. The van der Waals surface area contributed by atoms with E-state index in [9.17, 15) is 0 Å². The predicted octanol–water partition coefficient (Wildman–Crippen LogP) is 6.99. The van der Waals surface area contributed by atoms with Gasteiger partial charge in [0.15, 0.2) is 0 Å². The van der Waals surface area contributed by atoms with Gasteiger partial charge < -0.3 is 0 Å². The fourth-order valence-electron chi connectivity index (χ4n) is 5.64. The van der Waals surface area contributed by atoms with E-state index in [0.717, 1.165) is 17.8 Å². The van der Waals surface area contributed by atoms with E-state index < -0.39 is 13.3 Å². The molecule has 3 heteroatoms. The molecule has 0 unspecified atom stereocenters. The van der Waals surface area contributed by atoms with Gasteiger partial charge in [-0.1, -0.05) is 0 Å². The molecule has 4 aromatic rings. The van der Waals surface area contributed by atoms with Gasteiger partial charge in [0, 0.05) is 0 Å². The van der Waals surface area contributed by atoms with E-state index >= 15 is 0 Å². The van der Waals surface area contributed by atoms with Crippen LogP contribution < -0.4 is 8.79 Å². The molecule has 0 atom stereocenters. The van der Waals surface area contributed by atoms with Crippen LogP contribution in [-0.2, 0) is 11.8 Å². The van der Waals surface area contributed by atoms with Crippen molar-refractivity contribution in [1.29, 1.82) is 0 Å². The monoisotopic (exact) mass is 510 g/mol. The van der Waals surface area contributed by atoms with Crippen molar-refractivity contribution in [2.24, 2.45) is 5.41 Å². The first-order valence-electron chi connectivity index (χ1n) is 12.4. The SMILES string of the molecule is CC(C)(C)Cc1ccc2[c](c1)[Ge]([CH3])([CH3])[c]1c(-c3cc(C(C)(C)C)c4ccccc4c3)ncnc1-2. The molecule has 1 aromatic heterocycles. The Labute approximate surface area is 207 Å². The van der Waals surface area contributed by atoms with Gasteiger partial charge in [0.1, 0.15) is 0 Å². The van der Waals surface area contributed by atoms with Crippen LogP contribution in [0.4, 0.5) is 0 Å². The van der Waals surface area contributed by atoms with Crippen LogP contribution in [0.1, 0.15) is 52.7 Å². The van der Waals surface area contributed by atoms with Crippen molar-refractivity contribution in [2.75, 3.05) is 0 Å². The van der Waals surface area contributed by atoms with Crippen molar-refractivity contribution in [3.05, 3.63) is 72.1 Å². The second-order valence-electron chi connectivity index (χ2n) is 12.7. The van der Waals surface area contributed by atoms with Gasteiger partial charge in [-0.3, -0.25) is 0 Å². The first-order chi connectivity index (χ1) is 15.9. The number of hydrogen-bond donors (Lipinski definition) is 0. The van der Waals surface area contributed by atoms with E-state index in [-0.39, 0.29) is 10.8 Å². The molecule has 2 nitrogen and oxygen atoms in total. The van der Waals surface area contributed by atoms with Crippen LogP contribution in [0.25, 0.3) is 33.3 Å². The average Bonchev–Trinajstić information content (AvgIpc) is 2.98. The summed E-state index contributed by atoms with van der Waals surface area (Å²) in [6.07, 6.45) is 2.86. The summed E-state index contributed by atoms with van der Waals surface area (Å²) in [6.45, 7) is 13.9. The first kappa shape index (κ1) is 23.3. The minimum absolute atomic E-state index is 0.0492. The zero-order valence-corrected chi connectivity index (χ0v) is 24.0. The standard InChI is InChI=1S/C31H36GeN2/c1-30(2,3)18-20-13-14-24-26(15-20)32(7,8)27-28(33-19-34-29(24)27)22-16-21-11-9-10-12-23(21)25(17-22)31(4,5)6/h9-17,19H,18H2,1-8H3. The molecule has 1 aliphatic rings. The third-order valence-corrected chi connectivity index (χ3v) is 14.5. The summed E-state index contributed by atoms with van der Waals surface area (Å²) in [6, 6.07) is 20.6. The third-order valence-electron chi connectivity index (χ3n) is 7.16. The fraction of sp³-hybridized carbons (Fsp3) is 0.355. The average molecular weight is 509 g/mol. The van der Waals surface area contributed by atoms with Gasteiger partial charge in [-0.15, -0.1) is 0 Å². The van der Waals surface area contributed by atoms with Crippen molar-refractivity contribution in [3.8, 4) is 22.5 Å². The van der Waals surface area contributed by atoms with E-state index in [2.05, 4.69) is 108 Å². The summed E-state index contributed by atoms with van der Waals surface area (Å²) in [4.78, 5) is 9.80. The molecule has 0 spiro atoms. The molecular weight excluding hydrogens is 473 g/mol. The number of nitrogens with zero attached hydrogens (tertiary/aromatic N) is 2. The van der Waals surface area contributed by atoms with Crippen molar-refractivity contribution in [1.82, 2.24) is 9.97 Å². The van der Waals surface area contributed by atoms with Crippen molar-refractivity contribution < 1.29 is 0 Å². The molecule has 0 radical (unpaired) electrons. The van der Waals surface area contributed by atoms with Crippen LogP contribution in [0.2, 0.25) is 11.5 Å². The van der Waals surface area contributed by atoms with Gasteiger partial charge in [0.25, 0.3) is 0 Å². The van der Waals surface area contributed by atoms with Gasteiger partial charge in [0.05, 0.1) is 0 Å². The van der Waals surface area contributed by atoms with Crippen LogP contribution >= 0.6 is 0 Å². The number of aromatic nitrogens is 2. The summed E-state index contributed by atoms with van der Waals surface area (Å²) in [5.74, 6) is 5.04. The zero-order valence-electron chi connectivity index (χ0n) is 21.9. The summed E-state index contributed by atoms with van der Waals surface area (Å²) in [5.41, 5.74) is 8.00. The zero-order chi connectivity index (χ0) is 24.5. The van der Waals surface area contributed by atoms with Gasteiger partial charge in [-0.05, 0) is 0 Å². The van der Waals surface area contributed by atoms with E-state index in [4.69, 9.17) is 9.97 Å². The molecule has 0 saturated carbocycles. The molecular formula is C31H36GeN2. The second kappa shape index (κ2) is 7.78. The Hall–Kier alpha value is -2.46. The quantitative estimate of drug-likeness (QED) is 0.273. The Morgan fingerprint density at radius 3 is 2.21 bits per heavy atom. The van der Waals surface area contributed by atoms with Crippen LogP contribution in [-0.4, -0.2) is 23.2 Å². The van der Waals surface area contributed by atoms with E-state index in [1.54, 1.807) is 10.7 Å². The number of rotatable bonds is 2. The molecule has 0 N–H and O–H groups in total. The molecule has 3 aromatic carbocycles. The Morgan fingerprint density at radius 2 is 1.50 bits per heavy atom. The van der Waals surface area contributed by atoms with Gasteiger partial charge in [-0.25, -0.2) is 0 Å². The Balaban J connectivity index is 1.73. The van der Waals surface area contributed by atoms with Gasteiger partial charge in [0.2, 0.25) is 0 Å². The van der Waals surface area contributed by atoms with Crippen LogP contribution in [0.3, 0.4) is 0 Å². The first-order valence-corrected chi connectivity index (χ1v) is 18.7. The molecule has 0 saturated heterocycles. The van der Waals surface area contributed by atoms with Gasteiger partial charge >= 0.3 is 208 Å². The maximum absolute atomic E-state index is 4.95. The van der Waals surface area contributed by atoms with Crippen LogP contribution in [0, 0.1) is 5.41 Å². The Bertz CT molecular complexity index is 1420. The molecule has 0 amide bonds. The summed E-state index contributed by atoms with van der Waals surface area (Å²) in [7, 11) is 0. The van der Waals surface area contributed by atoms with Crippen molar-refractivity contribution in [3.63, 3.8) is 0 Å². The molecule has 0 aliphatic carbocycles. The third kappa shape index (κ3) is 3.90. The summed E-state index contributed by atoms with van der Waals surface area (Å²) >= 11 is -2.60. The number of fused-ring (bicyclic) bond motifs is 4. The number of benzene rings is 3. The van der Waals surface area contributed by atoms with Crippen LogP contribution in [0.15, 0.2) is 60.9 Å². The molecule has 0 fully saturated rings. The second-order valence-corrected chi connectivity index (χ2v) is 21.7. The van der Waals surface area contributed by atoms with Crippen LogP contribution in [0.5, 0.6) is 0 Å². The topological polar surface area (TPSA) is 25.8 Å². The minimum atomic E-state index is -2.60. The Kier molecular flexibility index (Phi) is 5.33. The molecule has 34 heavy (non-hydrogen) atoms. The predicted molar refractivity (Wildman–Crippen MR) is 149 cm³/mol. The van der Waals surface area contributed by atoms with Crippen molar-refractivity contribution >= 4 is 32.8 Å². The normalized spacial score (nSPS) is 14.8. The van der Waals surface area contributed by atoms with E-state index in [0.29, 0.717) is 0 Å². The molecule has 2 heterocycles. The molecule has 174 valence electrons. The Morgan fingerprint density at radius 1 is 0.794 bits per heavy atom. The molecule has 5 rings (SSSR count). The van der Waals surface area contributed by atoms with Crippen molar-refractivity contribution in [2.45, 2.75) is 64.9 Å².